The van der Waals surface area contributed by atoms with Crippen LogP contribution < -0.4 is 16.4 Å². The summed E-state index contributed by atoms with van der Waals surface area (Å²) in [5.41, 5.74) is 7.70. The second-order valence-corrected chi connectivity index (χ2v) is 14.7. The summed E-state index contributed by atoms with van der Waals surface area (Å²) in [6, 6.07) is 15.7. The maximum atomic E-state index is 15.3. The van der Waals surface area contributed by atoms with Crippen LogP contribution in [0.1, 0.15) is 55.6 Å². The molecular formula is C35H43ClF2N4O4S. The summed E-state index contributed by atoms with van der Waals surface area (Å²) in [7, 11) is -3.75. The topological polar surface area (TPSA) is 114 Å². The van der Waals surface area contributed by atoms with Crippen LogP contribution in [0.4, 0.5) is 14.5 Å². The molecule has 3 atom stereocenters. The molecule has 4 N–H and O–H groups in total. The molecule has 2 aliphatic rings. The number of halogens is 3. The summed E-state index contributed by atoms with van der Waals surface area (Å²) in [6.07, 6.45) is 4.79. The van der Waals surface area contributed by atoms with Crippen LogP contribution >= 0.6 is 11.6 Å². The molecule has 8 nitrogen and oxygen atoms in total. The van der Waals surface area contributed by atoms with Gasteiger partial charge < -0.3 is 21.1 Å². The van der Waals surface area contributed by atoms with Gasteiger partial charge >= 0.3 is 0 Å². The Kier molecular flexibility index (Phi) is 12.4. The van der Waals surface area contributed by atoms with Gasteiger partial charge in [0.05, 0.1) is 16.0 Å². The van der Waals surface area contributed by atoms with E-state index in [2.05, 4.69) is 10.6 Å². The van der Waals surface area contributed by atoms with Gasteiger partial charge in [-0.1, -0.05) is 54.8 Å². The van der Waals surface area contributed by atoms with E-state index >= 15 is 4.39 Å². The van der Waals surface area contributed by atoms with Crippen molar-refractivity contribution < 1.29 is 26.7 Å². The number of nitrogens with one attached hydrogen (secondary N) is 2. The molecule has 2 aliphatic heterocycles. The van der Waals surface area contributed by atoms with Gasteiger partial charge in [0, 0.05) is 56.1 Å². The van der Waals surface area contributed by atoms with Crippen LogP contribution in [0.15, 0.2) is 71.6 Å². The first-order chi connectivity index (χ1) is 22.6. The normalized spacial score (nSPS) is 19.3. The van der Waals surface area contributed by atoms with Crippen molar-refractivity contribution in [2.45, 2.75) is 67.8 Å². The lowest BCUT2D eigenvalue weighted by Crippen LogP contribution is -2.53. The third-order valence-corrected chi connectivity index (χ3v) is 11.6. The zero-order chi connectivity index (χ0) is 33.4. The fourth-order valence-corrected chi connectivity index (χ4v) is 8.42. The quantitative estimate of drug-likeness (QED) is 0.207. The molecule has 3 aromatic rings. The Balaban J connectivity index is 1.30. The van der Waals surface area contributed by atoms with Crippen LogP contribution in [0, 0.1) is 17.6 Å². The Hall–Kier alpha value is -2.93. The molecule has 254 valence electrons. The number of nitrogens with zero attached hydrogens (tertiary/aromatic N) is 1. The van der Waals surface area contributed by atoms with Crippen LogP contribution in [-0.2, 0) is 26.0 Å². The zero-order valence-electron chi connectivity index (χ0n) is 26.3. The largest absolute Gasteiger partial charge is 0.381 e. The van der Waals surface area contributed by atoms with E-state index in [1.54, 1.807) is 42.5 Å². The number of ether oxygens (including phenoxy) is 1. The molecule has 0 bridgehead atoms. The first-order valence-corrected chi connectivity index (χ1v) is 18.1. The molecule has 47 heavy (non-hydrogen) atoms. The van der Waals surface area contributed by atoms with E-state index < -0.39 is 45.6 Å². The van der Waals surface area contributed by atoms with E-state index in [1.807, 2.05) is 0 Å². The molecule has 0 unspecified atom stereocenters. The van der Waals surface area contributed by atoms with Crippen molar-refractivity contribution >= 4 is 33.2 Å². The van der Waals surface area contributed by atoms with Gasteiger partial charge in [-0.15, -0.1) is 0 Å². The highest BCUT2D eigenvalue weighted by Crippen LogP contribution is 2.32. The maximum Gasteiger partial charge on any atom is 0.243 e. The minimum Gasteiger partial charge on any atom is -0.381 e. The van der Waals surface area contributed by atoms with Crippen LogP contribution in [0.5, 0.6) is 0 Å². The number of carbonyl (C=O) groups excluding carboxylic acids is 1. The van der Waals surface area contributed by atoms with E-state index in [4.69, 9.17) is 22.1 Å². The standard InChI is InChI=1S/C35H43ClF2N4O4S/c36-30-15-12-25(22-32(30)38)28(9-4-6-24-16-20-46-21-17-24)34(39)35(43)41-33-11-5-10-31(37)29(33)14-13-26-23-40-18-19-42(26)47(44,45)27-7-2-1-3-8-27/h1-3,5,7-8,10-12,15,22,24,26,28,34,40H,4,6,9,13-14,16-21,23,39H2,(H,41,43)/t26-,28+,34-/m0/s1. The van der Waals surface area contributed by atoms with Crippen molar-refractivity contribution in [3.8, 4) is 0 Å². The Morgan fingerprint density at radius 1 is 1.04 bits per heavy atom. The van der Waals surface area contributed by atoms with Gasteiger partial charge in [-0.3, -0.25) is 4.79 Å². The highest BCUT2D eigenvalue weighted by atomic mass is 35.5. The van der Waals surface area contributed by atoms with Gasteiger partial charge in [0.15, 0.2) is 0 Å². The minimum atomic E-state index is -3.75. The van der Waals surface area contributed by atoms with Crippen molar-refractivity contribution in [3.63, 3.8) is 0 Å². The number of piperazine rings is 1. The smallest absolute Gasteiger partial charge is 0.243 e. The monoisotopic (exact) mass is 688 g/mol. The average Bonchev–Trinajstić information content (AvgIpc) is 3.08. The van der Waals surface area contributed by atoms with E-state index in [0.717, 1.165) is 38.9 Å². The SMILES string of the molecule is N[C@H](C(=O)Nc1cccc(F)c1CC[C@H]1CNCCN1S(=O)(=O)c1ccccc1)[C@H](CCCC1CCOCC1)c1ccc(Cl)c(F)c1. The molecule has 5 rings (SSSR count). The van der Waals surface area contributed by atoms with Gasteiger partial charge in [0.1, 0.15) is 11.6 Å². The predicted molar refractivity (Wildman–Crippen MR) is 180 cm³/mol. The lowest BCUT2D eigenvalue weighted by atomic mass is 9.84. The van der Waals surface area contributed by atoms with Crippen molar-refractivity contribution in [1.29, 1.82) is 0 Å². The van der Waals surface area contributed by atoms with Crippen molar-refractivity contribution in [3.05, 3.63) is 94.5 Å². The van der Waals surface area contributed by atoms with Crippen LogP contribution in [0.3, 0.4) is 0 Å². The molecule has 2 fully saturated rings. The Bertz CT molecular complexity index is 1610. The van der Waals surface area contributed by atoms with Crippen molar-refractivity contribution in [2.24, 2.45) is 11.7 Å². The summed E-state index contributed by atoms with van der Waals surface area (Å²) in [4.78, 5) is 13.9. The lowest BCUT2D eigenvalue weighted by molar-refractivity contribution is -0.117. The Morgan fingerprint density at radius 2 is 1.81 bits per heavy atom. The van der Waals surface area contributed by atoms with Gasteiger partial charge in [-0.25, -0.2) is 17.2 Å². The first-order valence-electron chi connectivity index (χ1n) is 16.3. The van der Waals surface area contributed by atoms with Gasteiger partial charge in [-0.2, -0.15) is 4.31 Å². The predicted octanol–water partition coefficient (Wildman–Crippen LogP) is 5.86. The van der Waals surface area contributed by atoms with Crippen LogP contribution in [-0.4, -0.2) is 63.6 Å². The second kappa shape index (κ2) is 16.5. The third kappa shape index (κ3) is 8.95. The van der Waals surface area contributed by atoms with Gasteiger partial charge in [0.2, 0.25) is 15.9 Å². The van der Waals surface area contributed by atoms with E-state index in [1.165, 1.54) is 28.6 Å². The second-order valence-electron chi connectivity index (χ2n) is 12.4. The number of rotatable bonds is 13. The number of hydrogen-bond acceptors (Lipinski definition) is 6. The highest BCUT2D eigenvalue weighted by Gasteiger charge is 2.34. The van der Waals surface area contributed by atoms with Gasteiger partial charge in [-0.05, 0) is 80.0 Å². The summed E-state index contributed by atoms with van der Waals surface area (Å²) in [5, 5.41) is 6.07. The van der Waals surface area contributed by atoms with Crippen molar-refractivity contribution in [2.75, 3.05) is 38.2 Å². The fourth-order valence-electron chi connectivity index (χ4n) is 6.63. The molecule has 3 aromatic carbocycles. The number of nitrogens with two attached hydrogens (primary N) is 1. The molecule has 0 aromatic heterocycles. The molecule has 0 radical (unpaired) electrons. The number of carbonyl (C=O) groups is 1. The first kappa shape index (κ1) is 35.4. The van der Waals surface area contributed by atoms with E-state index in [0.29, 0.717) is 44.0 Å². The Labute approximate surface area is 281 Å². The third-order valence-electron chi connectivity index (χ3n) is 9.33. The van der Waals surface area contributed by atoms with Crippen molar-refractivity contribution in [1.82, 2.24) is 9.62 Å². The summed E-state index contributed by atoms with van der Waals surface area (Å²) in [5.74, 6) is -1.58. The fraction of sp³-hybridized carbons (Fsp3) is 0.457. The maximum absolute atomic E-state index is 15.3. The summed E-state index contributed by atoms with van der Waals surface area (Å²) in [6.45, 7) is 2.70. The molecule has 12 heteroatoms. The lowest BCUT2D eigenvalue weighted by Gasteiger charge is -2.35. The molecule has 2 heterocycles. The molecule has 1 amide bonds. The molecular weight excluding hydrogens is 646 g/mol. The average molecular weight is 689 g/mol. The highest BCUT2D eigenvalue weighted by molar-refractivity contribution is 7.89. The summed E-state index contributed by atoms with van der Waals surface area (Å²) < 4.78 is 63.7. The van der Waals surface area contributed by atoms with Crippen LogP contribution in [0.25, 0.3) is 0 Å². The molecule has 0 spiro atoms. The Morgan fingerprint density at radius 3 is 2.55 bits per heavy atom. The van der Waals surface area contributed by atoms with E-state index in [-0.39, 0.29) is 27.6 Å². The van der Waals surface area contributed by atoms with E-state index in [9.17, 15) is 17.6 Å². The minimum absolute atomic E-state index is 0.0135. The number of benzene rings is 3. The zero-order valence-corrected chi connectivity index (χ0v) is 27.9. The number of anilines is 1. The molecule has 2 saturated heterocycles. The molecule has 0 aliphatic carbocycles. The van der Waals surface area contributed by atoms with Crippen LogP contribution in [0.2, 0.25) is 5.02 Å². The number of sulfonamides is 1. The number of amides is 1. The summed E-state index contributed by atoms with van der Waals surface area (Å²) >= 11 is 5.95. The molecule has 0 saturated carbocycles. The number of hydrogen-bond donors (Lipinski definition) is 3. The van der Waals surface area contributed by atoms with Gasteiger partial charge in [0.25, 0.3) is 0 Å².